The number of aliphatic hydroxyl groups is 1. The van der Waals surface area contributed by atoms with E-state index in [4.69, 9.17) is 23.2 Å². The maximum Gasteiger partial charge on any atom is 0.295 e. The number of benzene rings is 3. The highest BCUT2D eigenvalue weighted by Crippen LogP contribution is 2.43. The number of ketones is 1. The normalized spacial score (nSPS) is 17.1. The smallest absolute Gasteiger partial charge is 0.295 e. The Hall–Kier alpha value is -3.45. The fourth-order valence-corrected chi connectivity index (χ4v) is 5.28. The molecular weight excluding hydrogens is 497 g/mol. The van der Waals surface area contributed by atoms with E-state index in [0.29, 0.717) is 50.2 Å². The molecule has 1 aliphatic rings. The number of hydrogen-bond donors (Lipinski definition) is 1. The number of anilines is 1. The average Bonchev–Trinajstić information content (AvgIpc) is 3.31. The lowest BCUT2D eigenvalue weighted by molar-refractivity contribution is -0.137. The maximum absolute atomic E-state index is 13.4. The summed E-state index contributed by atoms with van der Waals surface area (Å²) in [6, 6.07) is 19.3. The fourth-order valence-electron chi connectivity index (χ4n) is 4.95. The van der Waals surface area contributed by atoms with Gasteiger partial charge in [0.2, 0.25) is 5.78 Å². The van der Waals surface area contributed by atoms with Crippen LogP contribution in [-0.2, 0) is 22.2 Å². The van der Waals surface area contributed by atoms with Gasteiger partial charge in [-0.25, -0.2) is 4.98 Å². The average molecular weight is 520 g/mol. The van der Waals surface area contributed by atoms with E-state index in [-0.39, 0.29) is 0 Å². The Kier molecular flexibility index (Phi) is 6.20. The van der Waals surface area contributed by atoms with Crippen LogP contribution in [0.4, 0.5) is 5.69 Å². The molecule has 8 heteroatoms. The number of Topliss-reactive ketones (excluding diaryl/α,β-unsaturated/α-hetero) is 1. The second-order valence-electron chi connectivity index (χ2n) is 8.78. The molecule has 0 bridgehead atoms. The summed E-state index contributed by atoms with van der Waals surface area (Å²) in [6.45, 7) is 2.16. The van der Waals surface area contributed by atoms with Crippen LogP contribution in [0.5, 0.6) is 0 Å². The lowest BCUT2D eigenvalue weighted by atomic mass is 9.78. The van der Waals surface area contributed by atoms with Gasteiger partial charge in [-0.2, -0.15) is 0 Å². The van der Waals surface area contributed by atoms with Gasteiger partial charge in [-0.3, -0.25) is 9.59 Å². The first kappa shape index (κ1) is 24.3. The number of aromatic nitrogens is 2. The molecule has 4 aromatic rings. The Morgan fingerprint density at radius 1 is 0.972 bits per heavy atom. The lowest BCUT2D eigenvalue weighted by Crippen LogP contribution is -2.44. The van der Waals surface area contributed by atoms with Crippen LogP contribution in [0.2, 0.25) is 10.0 Å². The molecule has 1 N–H and O–H groups in total. The van der Waals surface area contributed by atoms with Crippen molar-refractivity contribution in [2.24, 2.45) is 7.05 Å². The summed E-state index contributed by atoms with van der Waals surface area (Å²) in [5.74, 6) is -1.96. The van der Waals surface area contributed by atoms with Crippen molar-refractivity contribution in [3.8, 4) is 0 Å². The molecule has 0 saturated carbocycles. The largest absolute Gasteiger partial charge is 0.374 e. The van der Waals surface area contributed by atoms with Crippen LogP contribution < -0.4 is 4.90 Å². The van der Waals surface area contributed by atoms with Gasteiger partial charge in [0.15, 0.2) is 5.60 Å². The Labute approximate surface area is 218 Å². The molecule has 36 heavy (non-hydrogen) atoms. The first-order chi connectivity index (χ1) is 17.3. The molecule has 1 aliphatic heterocycles. The molecule has 2 atom stereocenters. The summed E-state index contributed by atoms with van der Waals surface area (Å²) in [7, 11) is 1.80. The molecule has 2 unspecified atom stereocenters. The second kappa shape index (κ2) is 9.21. The minimum Gasteiger partial charge on any atom is -0.374 e. The zero-order valence-electron chi connectivity index (χ0n) is 19.7. The van der Waals surface area contributed by atoms with Crippen molar-refractivity contribution in [2.45, 2.75) is 18.4 Å². The van der Waals surface area contributed by atoms with Gasteiger partial charge in [-0.1, -0.05) is 53.5 Å². The number of carbonyl (C=O) groups is 2. The van der Waals surface area contributed by atoms with E-state index in [1.165, 1.54) is 4.90 Å². The molecule has 0 spiro atoms. The number of nitrogens with zero attached hydrogens (tertiary/aromatic N) is 3. The van der Waals surface area contributed by atoms with Crippen molar-refractivity contribution in [1.29, 1.82) is 0 Å². The number of rotatable bonds is 5. The van der Waals surface area contributed by atoms with Gasteiger partial charge in [0.05, 0.1) is 24.1 Å². The third-order valence-corrected chi connectivity index (χ3v) is 7.20. The molecule has 0 aliphatic carbocycles. The van der Waals surface area contributed by atoms with E-state index in [1.54, 1.807) is 90.9 Å². The van der Waals surface area contributed by atoms with Crippen molar-refractivity contribution < 1.29 is 14.7 Å². The topological polar surface area (TPSA) is 75.4 Å². The number of hydrogen-bond acceptors (Lipinski definition) is 4. The molecule has 6 nitrogen and oxygen atoms in total. The highest BCUT2D eigenvalue weighted by Gasteiger charge is 2.42. The number of likely N-dealkylation sites (N-methyl/N-ethyl adjacent to an activating group) is 1. The van der Waals surface area contributed by atoms with E-state index in [9.17, 15) is 14.7 Å². The van der Waals surface area contributed by atoms with Crippen LogP contribution >= 0.6 is 23.2 Å². The fraction of sp³-hybridized carbons (Fsp3) is 0.179. The first-order valence-corrected chi connectivity index (χ1v) is 12.2. The summed E-state index contributed by atoms with van der Waals surface area (Å²) < 4.78 is 1.75. The van der Waals surface area contributed by atoms with Gasteiger partial charge in [-0.05, 0) is 65.6 Å². The molecule has 0 saturated heterocycles. The van der Waals surface area contributed by atoms with Gasteiger partial charge in [0, 0.05) is 29.3 Å². The number of halogens is 2. The zero-order valence-corrected chi connectivity index (χ0v) is 21.2. The molecule has 3 aromatic carbocycles. The molecule has 5 rings (SSSR count). The van der Waals surface area contributed by atoms with Crippen LogP contribution in [-0.4, -0.2) is 32.9 Å². The van der Waals surface area contributed by atoms with E-state index in [2.05, 4.69) is 4.98 Å². The third kappa shape index (κ3) is 3.82. The number of carbonyl (C=O) groups excluding carboxylic acids is 2. The second-order valence-corrected chi connectivity index (χ2v) is 9.66. The Bertz CT molecular complexity index is 1480. The minimum atomic E-state index is -1.61. The van der Waals surface area contributed by atoms with Gasteiger partial charge in [0.1, 0.15) is 0 Å². The SMILES string of the molecule is CCN1C(=O)C(=O)C(c2cccc(Cl)c2)c2cc(C(O)(c3ccc(Cl)cc3)c3cncn3C)ccc21. The van der Waals surface area contributed by atoms with E-state index in [1.807, 2.05) is 6.92 Å². The highest BCUT2D eigenvalue weighted by atomic mass is 35.5. The van der Waals surface area contributed by atoms with Gasteiger partial charge >= 0.3 is 0 Å². The summed E-state index contributed by atoms with van der Waals surface area (Å²) in [4.78, 5) is 32.1. The lowest BCUT2D eigenvalue weighted by Gasteiger charge is -2.35. The van der Waals surface area contributed by atoms with Crippen molar-refractivity contribution in [2.75, 3.05) is 11.4 Å². The maximum atomic E-state index is 13.4. The predicted octanol–water partition coefficient (Wildman–Crippen LogP) is 5.08. The van der Waals surface area contributed by atoms with Crippen molar-refractivity contribution >= 4 is 40.6 Å². The Balaban J connectivity index is 1.78. The third-order valence-electron chi connectivity index (χ3n) is 6.71. The van der Waals surface area contributed by atoms with Crippen molar-refractivity contribution in [3.63, 3.8) is 0 Å². The monoisotopic (exact) mass is 519 g/mol. The number of fused-ring (bicyclic) bond motifs is 1. The first-order valence-electron chi connectivity index (χ1n) is 11.5. The molecule has 0 radical (unpaired) electrons. The Morgan fingerprint density at radius 3 is 2.33 bits per heavy atom. The molecular formula is C28H23Cl2N3O3. The van der Waals surface area contributed by atoms with Gasteiger partial charge in [-0.15, -0.1) is 0 Å². The summed E-state index contributed by atoms with van der Waals surface area (Å²) in [6.07, 6.45) is 3.22. The molecule has 0 fully saturated rings. The van der Waals surface area contributed by atoms with Crippen LogP contribution in [0.1, 0.15) is 40.8 Å². The summed E-state index contributed by atoms with van der Waals surface area (Å²) in [5, 5.41) is 13.3. The van der Waals surface area contributed by atoms with E-state index in [0.717, 1.165) is 0 Å². The van der Waals surface area contributed by atoms with Crippen molar-refractivity contribution in [1.82, 2.24) is 9.55 Å². The quantitative estimate of drug-likeness (QED) is 0.373. The van der Waals surface area contributed by atoms with Crippen LogP contribution in [0, 0.1) is 0 Å². The molecule has 182 valence electrons. The molecule has 1 aromatic heterocycles. The van der Waals surface area contributed by atoms with E-state index < -0.39 is 23.2 Å². The number of amides is 1. The summed E-state index contributed by atoms with van der Waals surface area (Å²) in [5.41, 5.74) is 1.90. The van der Waals surface area contributed by atoms with Crippen LogP contribution in [0.3, 0.4) is 0 Å². The number of imidazole rings is 1. The van der Waals surface area contributed by atoms with E-state index >= 15 is 0 Å². The van der Waals surface area contributed by atoms with Gasteiger partial charge in [0.25, 0.3) is 5.91 Å². The zero-order chi connectivity index (χ0) is 25.6. The van der Waals surface area contributed by atoms with Crippen LogP contribution in [0.25, 0.3) is 0 Å². The molecule has 1 amide bonds. The highest BCUT2D eigenvalue weighted by molar-refractivity contribution is 6.45. The van der Waals surface area contributed by atoms with Gasteiger partial charge < -0.3 is 14.6 Å². The van der Waals surface area contributed by atoms with Crippen molar-refractivity contribution in [3.05, 3.63) is 117 Å². The predicted molar refractivity (Wildman–Crippen MR) is 140 cm³/mol. The standard InChI is InChI=1S/C28H23Cl2N3O3/c1-3-33-23-12-9-19(14-22(23)25(26(34)27(33)35)17-5-4-6-21(30)13-17)28(36,24-15-31-16-32(24)2)18-7-10-20(29)11-8-18/h4-16,25,36H,3H2,1-2H3. The van der Waals surface area contributed by atoms with Crippen LogP contribution in [0.15, 0.2) is 79.3 Å². The molecule has 2 heterocycles. The summed E-state index contributed by atoms with van der Waals surface area (Å²) >= 11 is 12.4. The number of aryl methyl sites for hydroxylation is 1. The minimum absolute atomic E-state index is 0.336. The Morgan fingerprint density at radius 2 is 1.69 bits per heavy atom.